The Balaban J connectivity index is 2.27. The zero-order valence-corrected chi connectivity index (χ0v) is 34.3. The molecule has 0 spiro atoms. The Kier molecular flexibility index (Phi) is 30.0. The van der Waals surface area contributed by atoms with E-state index >= 15 is 0 Å². The van der Waals surface area contributed by atoms with Crippen molar-refractivity contribution in [1.29, 1.82) is 0 Å². The van der Waals surface area contributed by atoms with Gasteiger partial charge in [0.25, 0.3) is 0 Å². The average Bonchev–Trinajstić information content (AvgIpc) is 3.40. The van der Waals surface area contributed by atoms with Gasteiger partial charge in [0.05, 0.1) is 24.9 Å². The van der Waals surface area contributed by atoms with E-state index in [1.807, 2.05) is 6.08 Å². The van der Waals surface area contributed by atoms with Crippen molar-refractivity contribution in [3.8, 4) is 0 Å². The van der Waals surface area contributed by atoms with Crippen LogP contribution in [0.1, 0.15) is 168 Å². The summed E-state index contributed by atoms with van der Waals surface area (Å²) < 4.78 is 26.4. The third-order valence-corrected chi connectivity index (χ3v) is 10.5. The SMILES string of the molecule is CCCCC/C=C\C/C=C\CCCCCCCCC(=O)O[C@H](COC(=O)CCCCCC[C@@H]1[C@@H](/C=C/[C@@H](O)CCCCC)[C@H](O)C[C@@H]1O)COP(=O)(O)O. The summed E-state index contributed by atoms with van der Waals surface area (Å²) in [6.45, 7) is 3.37. The van der Waals surface area contributed by atoms with Crippen molar-refractivity contribution in [2.24, 2.45) is 11.8 Å². The van der Waals surface area contributed by atoms with E-state index in [9.17, 15) is 29.5 Å². The van der Waals surface area contributed by atoms with Crippen LogP contribution < -0.4 is 0 Å². The van der Waals surface area contributed by atoms with Crippen LogP contribution in [0.4, 0.5) is 0 Å². The lowest BCUT2D eigenvalue weighted by Crippen LogP contribution is -2.29. The molecule has 1 saturated carbocycles. The highest BCUT2D eigenvalue weighted by Crippen LogP contribution is 2.38. The maximum absolute atomic E-state index is 12.4. The molecule has 0 aliphatic heterocycles. The van der Waals surface area contributed by atoms with Crippen LogP contribution in [-0.4, -0.2) is 74.7 Å². The largest absolute Gasteiger partial charge is 0.469 e. The summed E-state index contributed by atoms with van der Waals surface area (Å²) >= 11 is 0. The highest BCUT2D eigenvalue weighted by molar-refractivity contribution is 7.46. The first-order chi connectivity index (χ1) is 26.0. The van der Waals surface area contributed by atoms with Gasteiger partial charge in [0.1, 0.15) is 6.61 Å². The second-order valence-electron chi connectivity index (χ2n) is 14.9. The number of rotatable bonds is 34. The van der Waals surface area contributed by atoms with Crippen molar-refractivity contribution >= 4 is 19.8 Å². The summed E-state index contributed by atoms with van der Waals surface area (Å²) in [5.41, 5.74) is 0. The number of carbonyl (C=O) groups excluding carboxylic acids is 2. The number of aliphatic hydroxyl groups excluding tert-OH is 3. The zero-order chi connectivity index (χ0) is 39.9. The zero-order valence-electron chi connectivity index (χ0n) is 33.4. The molecule has 0 heterocycles. The minimum absolute atomic E-state index is 0.0840. The molecule has 54 heavy (non-hydrogen) atoms. The van der Waals surface area contributed by atoms with Crippen molar-refractivity contribution in [3.63, 3.8) is 0 Å². The lowest BCUT2D eigenvalue weighted by atomic mass is 9.88. The van der Waals surface area contributed by atoms with E-state index in [0.717, 1.165) is 89.9 Å². The minimum Gasteiger partial charge on any atom is -0.462 e. The molecule has 0 radical (unpaired) electrons. The molecule has 1 rings (SSSR count). The van der Waals surface area contributed by atoms with Crippen molar-refractivity contribution < 1.29 is 53.3 Å². The molecule has 1 aliphatic carbocycles. The van der Waals surface area contributed by atoms with Gasteiger partial charge in [-0.2, -0.15) is 0 Å². The lowest BCUT2D eigenvalue weighted by molar-refractivity contribution is -0.161. The maximum Gasteiger partial charge on any atom is 0.469 e. The van der Waals surface area contributed by atoms with Gasteiger partial charge in [0, 0.05) is 25.2 Å². The molecule has 0 amide bonds. The van der Waals surface area contributed by atoms with E-state index in [4.69, 9.17) is 19.3 Å². The van der Waals surface area contributed by atoms with E-state index in [1.165, 1.54) is 25.7 Å². The molecule has 12 heteroatoms. The van der Waals surface area contributed by atoms with Gasteiger partial charge in [-0.3, -0.25) is 14.1 Å². The Morgan fingerprint density at radius 1 is 0.722 bits per heavy atom. The molecule has 0 unspecified atom stereocenters. The molecule has 5 N–H and O–H groups in total. The van der Waals surface area contributed by atoms with Crippen molar-refractivity contribution in [3.05, 3.63) is 36.5 Å². The molecule has 0 aromatic carbocycles. The maximum atomic E-state index is 12.4. The van der Waals surface area contributed by atoms with Crippen LogP contribution in [-0.2, 0) is 28.2 Å². The Hall–Kier alpha value is -1.85. The van der Waals surface area contributed by atoms with Gasteiger partial charge < -0.3 is 34.6 Å². The second-order valence-corrected chi connectivity index (χ2v) is 16.2. The number of ether oxygens (including phenoxy) is 2. The Bertz CT molecular complexity index is 1090. The molecule has 1 aliphatic rings. The molecular formula is C42H75O11P. The molecule has 314 valence electrons. The van der Waals surface area contributed by atoms with Crippen molar-refractivity contribution in [1.82, 2.24) is 0 Å². The molecule has 0 bridgehead atoms. The predicted molar refractivity (Wildman–Crippen MR) is 213 cm³/mol. The van der Waals surface area contributed by atoms with Gasteiger partial charge in [0.15, 0.2) is 6.10 Å². The first kappa shape index (κ1) is 50.2. The Morgan fingerprint density at radius 2 is 1.30 bits per heavy atom. The van der Waals surface area contributed by atoms with Crippen molar-refractivity contribution in [2.75, 3.05) is 13.2 Å². The van der Waals surface area contributed by atoms with Crippen LogP contribution in [0.15, 0.2) is 36.5 Å². The summed E-state index contributed by atoms with van der Waals surface area (Å²) in [5.74, 6) is -1.32. The van der Waals surface area contributed by atoms with E-state index in [-0.39, 0.29) is 31.3 Å². The number of esters is 2. The van der Waals surface area contributed by atoms with Crippen LogP contribution in [0.3, 0.4) is 0 Å². The molecule has 6 atom stereocenters. The Morgan fingerprint density at radius 3 is 1.94 bits per heavy atom. The molecule has 0 aromatic rings. The Labute approximate surface area is 326 Å². The number of phosphoric acid groups is 1. The van der Waals surface area contributed by atoms with Crippen LogP contribution in [0.2, 0.25) is 0 Å². The number of phosphoric ester groups is 1. The molecule has 0 saturated heterocycles. The first-order valence-electron chi connectivity index (χ1n) is 21.0. The lowest BCUT2D eigenvalue weighted by Gasteiger charge is -2.21. The normalized spacial score (nSPS) is 20.4. The number of allylic oxidation sites excluding steroid dienone is 4. The third kappa shape index (κ3) is 27.7. The van der Waals surface area contributed by atoms with Crippen LogP contribution in [0.5, 0.6) is 0 Å². The van der Waals surface area contributed by atoms with Crippen LogP contribution in [0, 0.1) is 11.8 Å². The fraction of sp³-hybridized carbons (Fsp3) is 0.810. The van der Waals surface area contributed by atoms with E-state index < -0.39 is 50.8 Å². The van der Waals surface area contributed by atoms with Crippen molar-refractivity contribution in [2.45, 2.75) is 192 Å². The number of aliphatic hydroxyl groups is 3. The van der Waals surface area contributed by atoms with Gasteiger partial charge in [0.2, 0.25) is 0 Å². The standard InChI is InChI=1S/C42H75O11P/c1-3-5-7-8-9-10-11-12-13-14-15-16-17-18-19-25-29-42(47)53-36(34-52-54(48,49)50)33-51-41(46)28-24-21-20-23-27-37-38(40(45)32-39(37)44)31-30-35(43)26-22-6-4-2/h9-10,12-13,30-31,35-40,43-45H,3-8,11,14-29,32-34H2,1-2H3,(H2,48,49,50)/b10-9-,13-12-,31-30+/t35-,36+,37+,38+,39-,40+/m0/s1. The van der Waals surface area contributed by atoms with Gasteiger partial charge in [-0.05, 0) is 63.7 Å². The predicted octanol–water partition coefficient (Wildman–Crippen LogP) is 8.95. The average molecular weight is 787 g/mol. The fourth-order valence-corrected chi connectivity index (χ4v) is 7.15. The summed E-state index contributed by atoms with van der Waals surface area (Å²) in [5, 5.41) is 31.2. The van der Waals surface area contributed by atoms with Crippen LogP contribution >= 0.6 is 7.82 Å². The van der Waals surface area contributed by atoms with Crippen LogP contribution in [0.25, 0.3) is 0 Å². The highest BCUT2D eigenvalue weighted by Gasteiger charge is 2.39. The monoisotopic (exact) mass is 787 g/mol. The number of unbranched alkanes of at least 4 members (excludes halogenated alkanes) is 14. The number of hydrogen-bond acceptors (Lipinski definition) is 9. The third-order valence-electron chi connectivity index (χ3n) is 9.98. The van der Waals surface area contributed by atoms with E-state index in [0.29, 0.717) is 25.7 Å². The summed E-state index contributed by atoms with van der Waals surface area (Å²) in [7, 11) is -4.81. The van der Waals surface area contributed by atoms with Gasteiger partial charge in [-0.25, -0.2) is 4.57 Å². The molecule has 1 fully saturated rings. The molecule has 0 aromatic heterocycles. The number of carbonyl (C=O) groups is 2. The molecular weight excluding hydrogens is 711 g/mol. The summed E-state index contributed by atoms with van der Waals surface area (Å²) in [6.07, 6.45) is 30.7. The first-order valence-corrected chi connectivity index (χ1v) is 22.6. The van der Waals surface area contributed by atoms with Gasteiger partial charge in [-0.15, -0.1) is 0 Å². The fourth-order valence-electron chi connectivity index (χ4n) is 6.79. The summed E-state index contributed by atoms with van der Waals surface area (Å²) in [6, 6.07) is 0. The van der Waals surface area contributed by atoms with E-state index in [1.54, 1.807) is 6.08 Å². The van der Waals surface area contributed by atoms with Gasteiger partial charge >= 0.3 is 19.8 Å². The second kappa shape index (κ2) is 32.3. The summed E-state index contributed by atoms with van der Waals surface area (Å²) in [4.78, 5) is 43.1. The van der Waals surface area contributed by atoms with E-state index in [2.05, 4.69) is 42.7 Å². The quantitative estimate of drug-likeness (QED) is 0.0182. The topological polar surface area (TPSA) is 180 Å². The molecule has 11 nitrogen and oxygen atoms in total. The minimum atomic E-state index is -4.81. The highest BCUT2D eigenvalue weighted by atomic mass is 31.2. The number of hydrogen-bond donors (Lipinski definition) is 5. The smallest absolute Gasteiger partial charge is 0.462 e. The van der Waals surface area contributed by atoms with Gasteiger partial charge in [-0.1, -0.05) is 127 Å².